The molecule has 0 spiro atoms. The average Bonchev–Trinajstić information content (AvgIpc) is 2.88. The Bertz CT molecular complexity index is 940. The summed E-state index contributed by atoms with van der Waals surface area (Å²) in [6.45, 7) is 5.94. The van der Waals surface area contributed by atoms with Crippen molar-refractivity contribution in [3.8, 4) is 0 Å². The van der Waals surface area contributed by atoms with Crippen LogP contribution in [0.2, 0.25) is 0 Å². The smallest absolute Gasteiger partial charge is 0.311 e. The Kier molecular flexibility index (Phi) is 3.97. The quantitative estimate of drug-likeness (QED) is 0.730. The second-order valence-corrected chi connectivity index (χ2v) is 6.03. The molecule has 0 aliphatic rings. The molecule has 1 N–H and O–H groups in total. The molecule has 0 saturated carbocycles. The lowest BCUT2D eigenvalue weighted by molar-refractivity contribution is -0.136. The molecule has 122 valence electrons. The number of aliphatic carboxylic acids is 1. The number of hydrogen-bond acceptors (Lipinski definition) is 3. The molecule has 0 bridgehead atoms. The number of carboxylic acids is 1. The predicted molar refractivity (Wildman–Crippen MR) is 91.6 cm³/mol. The van der Waals surface area contributed by atoms with Gasteiger partial charge in [0.2, 0.25) is 0 Å². The minimum Gasteiger partial charge on any atom is -0.481 e. The van der Waals surface area contributed by atoms with Crippen LogP contribution in [0.5, 0.6) is 0 Å². The number of para-hydroxylation sites is 1. The van der Waals surface area contributed by atoms with E-state index in [2.05, 4.69) is 0 Å². The maximum Gasteiger partial charge on any atom is 0.311 e. The Hall–Kier alpha value is -2.88. The van der Waals surface area contributed by atoms with Gasteiger partial charge in [-0.05, 0) is 55.7 Å². The lowest BCUT2D eigenvalue weighted by Crippen LogP contribution is -2.08. The lowest BCUT2D eigenvalue weighted by Gasteiger charge is -2.08. The van der Waals surface area contributed by atoms with Gasteiger partial charge in [0.25, 0.3) is 0 Å². The van der Waals surface area contributed by atoms with E-state index in [0.29, 0.717) is 22.1 Å². The van der Waals surface area contributed by atoms with Gasteiger partial charge in [-0.15, -0.1) is 0 Å². The van der Waals surface area contributed by atoms with Gasteiger partial charge in [0, 0.05) is 10.9 Å². The van der Waals surface area contributed by atoms with E-state index in [9.17, 15) is 9.59 Å². The van der Waals surface area contributed by atoms with E-state index in [1.165, 1.54) is 0 Å². The first-order chi connectivity index (χ1) is 11.4. The third-order valence-electron chi connectivity index (χ3n) is 4.40. The van der Waals surface area contributed by atoms with Crippen LogP contribution >= 0.6 is 0 Å². The van der Waals surface area contributed by atoms with Crippen molar-refractivity contribution >= 4 is 22.7 Å². The van der Waals surface area contributed by atoms with E-state index in [0.717, 1.165) is 16.7 Å². The molecule has 0 unspecified atom stereocenters. The molecular weight excluding hydrogens is 304 g/mol. The van der Waals surface area contributed by atoms with Gasteiger partial charge in [-0.3, -0.25) is 9.59 Å². The topological polar surface area (TPSA) is 67.5 Å². The summed E-state index contributed by atoms with van der Waals surface area (Å²) >= 11 is 0. The molecule has 0 radical (unpaired) electrons. The summed E-state index contributed by atoms with van der Waals surface area (Å²) in [4.78, 5) is 24.2. The number of carbonyl (C=O) groups excluding carboxylic acids is 1. The van der Waals surface area contributed by atoms with Crippen LogP contribution in [-0.4, -0.2) is 16.9 Å². The fourth-order valence-electron chi connectivity index (χ4n) is 2.92. The van der Waals surface area contributed by atoms with E-state index in [4.69, 9.17) is 9.52 Å². The van der Waals surface area contributed by atoms with Gasteiger partial charge >= 0.3 is 5.97 Å². The SMILES string of the molecule is Cc1cc(C(=O)c2c(CC(=O)O)oc3ccccc23)cc(C)c1C. The van der Waals surface area contributed by atoms with E-state index in [1.807, 2.05) is 39.0 Å². The van der Waals surface area contributed by atoms with Crippen molar-refractivity contribution in [3.63, 3.8) is 0 Å². The number of fused-ring (bicyclic) bond motifs is 1. The molecule has 0 amide bonds. The van der Waals surface area contributed by atoms with E-state index < -0.39 is 5.97 Å². The summed E-state index contributed by atoms with van der Waals surface area (Å²) in [7, 11) is 0. The average molecular weight is 322 g/mol. The summed E-state index contributed by atoms with van der Waals surface area (Å²) < 4.78 is 5.64. The Morgan fingerprint density at radius 2 is 1.67 bits per heavy atom. The second kappa shape index (κ2) is 5.96. The fourth-order valence-corrected chi connectivity index (χ4v) is 2.92. The van der Waals surface area contributed by atoms with E-state index >= 15 is 0 Å². The minimum absolute atomic E-state index is 0.199. The number of benzene rings is 2. The van der Waals surface area contributed by atoms with E-state index in [1.54, 1.807) is 18.2 Å². The van der Waals surface area contributed by atoms with Gasteiger partial charge in [0.1, 0.15) is 17.8 Å². The van der Waals surface area contributed by atoms with Crippen molar-refractivity contribution in [1.29, 1.82) is 0 Å². The van der Waals surface area contributed by atoms with Gasteiger partial charge in [-0.1, -0.05) is 18.2 Å². The van der Waals surface area contributed by atoms with Gasteiger partial charge < -0.3 is 9.52 Å². The standard InChI is InChI=1S/C20H18O4/c1-11-8-14(9-12(2)13(11)3)20(23)19-15-6-4-5-7-16(15)24-17(19)10-18(21)22/h4-9H,10H2,1-3H3,(H,21,22). The highest BCUT2D eigenvalue weighted by Crippen LogP contribution is 2.29. The molecule has 0 aliphatic carbocycles. The molecule has 4 heteroatoms. The first-order valence-electron chi connectivity index (χ1n) is 7.73. The van der Waals surface area contributed by atoms with Gasteiger partial charge in [-0.25, -0.2) is 0 Å². The van der Waals surface area contributed by atoms with Gasteiger partial charge in [0.05, 0.1) is 5.56 Å². The highest BCUT2D eigenvalue weighted by atomic mass is 16.4. The molecule has 1 heterocycles. The second-order valence-electron chi connectivity index (χ2n) is 6.03. The van der Waals surface area contributed by atoms with Crippen LogP contribution in [0, 0.1) is 20.8 Å². The molecule has 3 aromatic rings. The van der Waals surface area contributed by atoms with Crippen LogP contribution < -0.4 is 0 Å². The van der Waals surface area contributed by atoms with Crippen LogP contribution in [0.15, 0.2) is 40.8 Å². The highest BCUT2D eigenvalue weighted by molar-refractivity contribution is 6.17. The van der Waals surface area contributed by atoms with Crippen LogP contribution in [0.3, 0.4) is 0 Å². The van der Waals surface area contributed by atoms with Crippen molar-refractivity contribution in [2.75, 3.05) is 0 Å². The maximum atomic E-state index is 13.1. The molecule has 0 fully saturated rings. The van der Waals surface area contributed by atoms with Crippen LogP contribution in [0.1, 0.15) is 38.4 Å². The van der Waals surface area contributed by atoms with Crippen LogP contribution in [-0.2, 0) is 11.2 Å². The number of rotatable bonds is 4. The fraction of sp³-hybridized carbons (Fsp3) is 0.200. The molecular formula is C20H18O4. The van der Waals surface area contributed by atoms with Crippen LogP contribution in [0.4, 0.5) is 0 Å². The Balaban J connectivity index is 2.20. The number of furan rings is 1. The van der Waals surface area contributed by atoms with Crippen molar-refractivity contribution in [2.45, 2.75) is 27.2 Å². The zero-order chi connectivity index (χ0) is 17.4. The van der Waals surface area contributed by atoms with Crippen molar-refractivity contribution in [3.05, 3.63) is 70.0 Å². The molecule has 4 nitrogen and oxygen atoms in total. The van der Waals surface area contributed by atoms with Gasteiger partial charge in [0.15, 0.2) is 5.78 Å². The van der Waals surface area contributed by atoms with Crippen molar-refractivity contribution in [1.82, 2.24) is 0 Å². The molecule has 1 aromatic heterocycles. The van der Waals surface area contributed by atoms with Crippen LogP contribution in [0.25, 0.3) is 11.0 Å². The summed E-state index contributed by atoms with van der Waals surface area (Å²) in [6.07, 6.45) is -0.320. The largest absolute Gasteiger partial charge is 0.481 e. The number of carbonyl (C=O) groups is 2. The number of hydrogen-bond donors (Lipinski definition) is 1. The zero-order valence-electron chi connectivity index (χ0n) is 13.8. The molecule has 3 rings (SSSR count). The Morgan fingerprint density at radius 3 is 2.29 bits per heavy atom. The number of aryl methyl sites for hydroxylation is 2. The normalized spacial score (nSPS) is 11.0. The summed E-state index contributed by atoms with van der Waals surface area (Å²) in [5.74, 6) is -1.04. The number of ketones is 1. The lowest BCUT2D eigenvalue weighted by atomic mass is 9.94. The minimum atomic E-state index is -1.03. The molecule has 24 heavy (non-hydrogen) atoms. The van der Waals surface area contributed by atoms with Crippen molar-refractivity contribution in [2.24, 2.45) is 0 Å². The first kappa shape index (κ1) is 16.0. The van der Waals surface area contributed by atoms with Gasteiger partial charge in [-0.2, -0.15) is 0 Å². The molecule has 0 aliphatic heterocycles. The third kappa shape index (κ3) is 2.71. The zero-order valence-corrected chi connectivity index (χ0v) is 13.8. The number of carboxylic acid groups (broad SMARTS) is 1. The van der Waals surface area contributed by atoms with E-state index in [-0.39, 0.29) is 18.0 Å². The van der Waals surface area contributed by atoms with Crippen molar-refractivity contribution < 1.29 is 19.1 Å². The first-order valence-corrected chi connectivity index (χ1v) is 7.73. The third-order valence-corrected chi connectivity index (χ3v) is 4.40. The maximum absolute atomic E-state index is 13.1. The molecule has 2 aromatic carbocycles. The monoisotopic (exact) mass is 322 g/mol. The molecule has 0 atom stereocenters. The summed E-state index contributed by atoms with van der Waals surface area (Å²) in [5.41, 5.74) is 4.63. The Labute approximate surface area is 139 Å². The predicted octanol–water partition coefficient (Wildman–Crippen LogP) is 4.22. The highest BCUT2D eigenvalue weighted by Gasteiger charge is 2.23. The summed E-state index contributed by atoms with van der Waals surface area (Å²) in [5, 5.41) is 9.77. The Morgan fingerprint density at radius 1 is 1.04 bits per heavy atom. The molecule has 0 saturated heterocycles. The summed E-state index contributed by atoms with van der Waals surface area (Å²) in [6, 6.07) is 10.8.